The second kappa shape index (κ2) is 2.29. The summed E-state index contributed by atoms with van der Waals surface area (Å²) in [6.45, 7) is 0. The van der Waals surface area contributed by atoms with Crippen LogP contribution in [-0.2, 0) is 7.05 Å². The van der Waals surface area contributed by atoms with Crippen LogP contribution in [0.4, 0.5) is 5.95 Å². The Morgan fingerprint density at radius 1 is 1.36 bits per heavy atom. The average molecular weight is 187 g/mol. The predicted octanol–water partition coefficient (Wildman–Crippen LogP) is 1.90. The summed E-state index contributed by atoms with van der Waals surface area (Å²) in [6.07, 6.45) is 0. The molecule has 0 aliphatic rings. The van der Waals surface area contributed by atoms with Gasteiger partial charge in [0.25, 0.3) is 0 Å². The molecular weight excluding hydrogens is 178 g/mol. The highest BCUT2D eigenvalue weighted by Gasteiger charge is 2.12. The molecule has 0 saturated heterocycles. The van der Waals surface area contributed by atoms with Gasteiger partial charge < -0.3 is 10.2 Å². The molecule has 0 aliphatic carbocycles. The smallest absolute Gasteiger partial charge is 0.229 e. The summed E-state index contributed by atoms with van der Waals surface area (Å²) in [6, 6.07) is 7.80. The Hall–Kier alpha value is -1.97. The Labute approximate surface area is 79.9 Å². The third-order valence-corrected chi connectivity index (χ3v) is 2.43. The first-order valence-corrected chi connectivity index (χ1v) is 4.37. The molecule has 0 amide bonds. The molecule has 0 fully saturated rings. The summed E-state index contributed by atoms with van der Waals surface area (Å²) in [5, 5.41) is 1.01. The highest BCUT2D eigenvalue weighted by Crippen LogP contribution is 2.28. The van der Waals surface area contributed by atoms with E-state index in [0.29, 0.717) is 5.95 Å². The zero-order valence-electron chi connectivity index (χ0n) is 7.69. The zero-order chi connectivity index (χ0) is 9.71. The van der Waals surface area contributed by atoms with Gasteiger partial charge in [0.1, 0.15) is 11.1 Å². The van der Waals surface area contributed by atoms with E-state index in [1.165, 1.54) is 0 Å². The molecule has 70 valence electrons. The van der Waals surface area contributed by atoms with Crippen LogP contribution in [0.3, 0.4) is 0 Å². The standard InChI is InChI=1S/C10H9N3O/c1-13-9-8(12-10(13)11)6-4-2-3-5-7(6)14-9/h2-5H,1H3,(H2,11,12). The predicted molar refractivity (Wildman–Crippen MR) is 54.9 cm³/mol. The fourth-order valence-corrected chi connectivity index (χ4v) is 1.65. The van der Waals surface area contributed by atoms with Crippen LogP contribution in [0.15, 0.2) is 28.7 Å². The molecule has 0 aliphatic heterocycles. The van der Waals surface area contributed by atoms with E-state index in [9.17, 15) is 0 Å². The van der Waals surface area contributed by atoms with E-state index in [-0.39, 0.29) is 0 Å². The van der Waals surface area contributed by atoms with Crippen molar-refractivity contribution in [2.24, 2.45) is 7.05 Å². The Balaban J connectivity index is 2.60. The van der Waals surface area contributed by atoms with E-state index >= 15 is 0 Å². The van der Waals surface area contributed by atoms with E-state index in [4.69, 9.17) is 10.2 Å². The largest absolute Gasteiger partial charge is 0.438 e. The minimum atomic E-state index is 0.476. The van der Waals surface area contributed by atoms with Crippen LogP contribution in [0.1, 0.15) is 0 Å². The lowest BCUT2D eigenvalue weighted by Gasteiger charge is -1.91. The van der Waals surface area contributed by atoms with Gasteiger partial charge in [-0.1, -0.05) is 12.1 Å². The molecule has 1 aromatic carbocycles. The number of nitrogens with two attached hydrogens (primary N) is 1. The van der Waals surface area contributed by atoms with Gasteiger partial charge in [-0.3, -0.25) is 4.57 Å². The quantitative estimate of drug-likeness (QED) is 0.584. The maximum Gasteiger partial charge on any atom is 0.229 e. The van der Waals surface area contributed by atoms with Gasteiger partial charge in [0.2, 0.25) is 11.7 Å². The van der Waals surface area contributed by atoms with Crippen molar-refractivity contribution in [1.29, 1.82) is 0 Å². The van der Waals surface area contributed by atoms with Gasteiger partial charge in [-0.25, -0.2) is 4.98 Å². The molecule has 0 bridgehead atoms. The summed E-state index contributed by atoms with van der Waals surface area (Å²) in [5.74, 6) is 0.476. The maximum absolute atomic E-state index is 5.68. The topological polar surface area (TPSA) is 57.0 Å². The number of rotatable bonds is 0. The van der Waals surface area contributed by atoms with Crippen LogP contribution in [0.5, 0.6) is 0 Å². The Bertz CT molecular complexity index is 621. The van der Waals surface area contributed by atoms with Crippen molar-refractivity contribution in [3.05, 3.63) is 24.3 Å². The average Bonchev–Trinajstić information content (AvgIpc) is 2.67. The molecule has 3 aromatic rings. The van der Waals surface area contributed by atoms with Crippen molar-refractivity contribution in [2.75, 3.05) is 5.73 Å². The zero-order valence-corrected chi connectivity index (χ0v) is 7.69. The number of imidazole rings is 1. The van der Waals surface area contributed by atoms with Crippen molar-refractivity contribution < 1.29 is 4.42 Å². The minimum Gasteiger partial charge on any atom is -0.438 e. The number of aryl methyl sites for hydroxylation is 1. The van der Waals surface area contributed by atoms with Crippen LogP contribution in [0, 0.1) is 0 Å². The molecule has 0 radical (unpaired) electrons. The van der Waals surface area contributed by atoms with E-state index in [1.54, 1.807) is 4.57 Å². The summed E-state index contributed by atoms with van der Waals surface area (Å²) in [5.41, 5.74) is 8.09. The number of fused-ring (bicyclic) bond motifs is 3. The van der Waals surface area contributed by atoms with Crippen molar-refractivity contribution >= 4 is 28.1 Å². The lowest BCUT2D eigenvalue weighted by molar-refractivity contribution is 0.632. The Morgan fingerprint density at radius 2 is 2.14 bits per heavy atom. The van der Waals surface area contributed by atoms with Crippen LogP contribution >= 0.6 is 0 Å². The fraction of sp³-hybridized carbons (Fsp3) is 0.100. The number of furan rings is 1. The lowest BCUT2D eigenvalue weighted by Crippen LogP contribution is -1.95. The molecule has 14 heavy (non-hydrogen) atoms. The van der Waals surface area contributed by atoms with Gasteiger partial charge in [0.05, 0.1) is 0 Å². The summed E-state index contributed by atoms with van der Waals surface area (Å²) in [7, 11) is 1.84. The van der Waals surface area contributed by atoms with E-state index in [2.05, 4.69) is 4.98 Å². The third kappa shape index (κ3) is 0.750. The van der Waals surface area contributed by atoms with Crippen LogP contribution in [0.2, 0.25) is 0 Å². The van der Waals surface area contributed by atoms with Gasteiger partial charge in [-0.15, -0.1) is 0 Å². The molecule has 2 N–H and O–H groups in total. The van der Waals surface area contributed by atoms with Crippen LogP contribution in [-0.4, -0.2) is 9.55 Å². The molecule has 0 atom stereocenters. The highest BCUT2D eigenvalue weighted by atomic mass is 16.3. The first-order chi connectivity index (χ1) is 6.77. The molecule has 0 unspecified atom stereocenters. The van der Waals surface area contributed by atoms with Gasteiger partial charge in [0, 0.05) is 12.4 Å². The normalized spacial score (nSPS) is 11.5. The van der Waals surface area contributed by atoms with Crippen LogP contribution in [0.25, 0.3) is 22.2 Å². The molecule has 2 aromatic heterocycles. The molecule has 4 heteroatoms. The number of hydrogen-bond acceptors (Lipinski definition) is 3. The maximum atomic E-state index is 5.68. The van der Waals surface area contributed by atoms with Crippen molar-refractivity contribution in [3.63, 3.8) is 0 Å². The third-order valence-electron chi connectivity index (χ3n) is 2.43. The van der Waals surface area contributed by atoms with Crippen molar-refractivity contribution in [1.82, 2.24) is 9.55 Å². The molecular formula is C10H9N3O. The second-order valence-corrected chi connectivity index (χ2v) is 3.28. The highest BCUT2D eigenvalue weighted by molar-refractivity contribution is 6.02. The monoisotopic (exact) mass is 187 g/mol. The van der Waals surface area contributed by atoms with Gasteiger partial charge in [-0.2, -0.15) is 0 Å². The SMILES string of the molecule is Cn1c(N)nc2c3ccccc3oc21. The molecule has 2 heterocycles. The fourth-order valence-electron chi connectivity index (χ4n) is 1.65. The number of hydrogen-bond donors (Lipinski definition) is 1. The summed E-state index contributed by atoms with van der Waals surface area (Å²) >= 11 is 0. The lowest BCUT2D eigenvalue weighted by atomic mass is 10.2. The second-order valence-electron chi connectivity index (χ2n) is 3.28. The van der Waals surface area contributed by atoms with Gasteiger partial charge in [0.15, 0.2) is 0 Å². The summed E-state index contributed by atoms with van der Waals surface area (Å²) in [4.78, 5) is 4.25. The number of anilines is 1. The number of nitrogens with zero attached hydrogens (tertiary/aromatic N) is 2. The van der Waals surface area contributed by atoms with E-state index in [0.717, 1.165) is 22.2 Å². The first kappa shape index (κ1) is 7.44. The molecule has 3 rings (SSSR count). The number of aromatic nitrogens is 2. The van der Waals surface area contributed by atoms with E-state index in [1.807, 2.05) is 31.3 Å². The number of benzene rings is 1. The minimum absolute atomic E-state index is 0.476. The van der Waals surface area contributed by atoms with Gasteiger partial charge >= 0.3 is 0 Å². The number of para-hydroxylation sites is 1. The Morgan fingerprint density at radius 3 is 3.00 bits per heavy atom. The first-order valence-electron chi connectivity index (χ1n) is 4.37. The van der Waals surface area contributed by atoms with Crippen molar-refractivity contribution in [3.8, 4) is 0 Å². The molecule has 0 spiro atoms. The van der Waals surface area contributed by atoms with Crippen molar-refractivity contribution in [2.45, 2.75) is 0 Å². The Kier molecular flexibility index (Phi) is 1.21. The van der Waals surface area contributed by atoms with E-state index < -0.39 is 0 Å². The summed E-state index contributed by atoms with van der Waals surface area (Å²) < 4.78 is 7.37. The van der Waals surface area contributed by atoms with Crippen LogP contribution < -0.4 is 5.73 Å². The van der Waals surface area contributed by atoms with Gasteiger partial charge in [-0.05, 0) is 12.1 Å². The molecule has 4 nitrogen and oxygen atoms in total. The molecule has 0 saturated carbocycles. The number of nitrogen functional groups attached to an aromatic ring is 1.